The van der Waals surface area contributed by atoms with Crippen molar-refractivity contribution >= 4 is 20.6 Å². The van der Waals surface area contributed by atoms with E-state index in [1.54, 1.807) is 6.08 Å². The second kappa shape index (κ2) is 6.20. The van der Waals surface area contributed by atoms with E-state index in [-0.39, 0.29) is 6.04 Å². The molecule has 1 atom stereocenters. The number of allylic oxidation sites excluding steroid dienone is 1. The minimum Gasteiger partial charge on any atom is -0.328 e. The van der Waals surface area contributed by atoms with Gasteiger partial charge in [-0.15, -0.1) is 0 Å². The molecule has 1 unspecified atom stereocenters. The number of nitrogens with zero attached hydrogens (tertiary/aromatic N) is 2. The molecule has 0 aliphatic carbocycles. The molecule has 12 heavy (non-hydrogen) atoms. The fraction of sp³-hybridized carbons (Fsp3) is 0.625. The summed E-state index contributed by atoms with van der Waals surface area (Å²) in [5.41, 5.74) is 5.51. The van der Waals surface area contributed by atoms with Gasteiger partial charge in [0.2, 0.25) is 0 Å². The lowest BCUT2D eigenvalue weighted by molar-refractivity contribution is 0.236. The Morgan fingerprint density at radius 3 is 2.75 bits per heavy atom. The smallest absolute Gasteiger partial charge is 0.125 e. The molecule has 0 aliphatic heterocycles. The van der Waals surface area contributed by atoms with Crippen LogP contribution < -0.4 is 5.73 Å². The van der Waals surface area contributed by atoms with Crippen molar-refractivity contribution in [1.82, 2.24) is 5.01 Å². The van der Waals surface area contributed by atoms with Gasteiger partial charge in [-0.1, -0.05) is 6.58 Å². The van der Waals surface area contributed by atoms with E-state index >= 15 is 0 Å². The topological polar surface area (TPSA) is 41.6 Å². The first-order valence-electron chi connectivity index (χ1n) is 3.98. The number of halogens is 1. The molecule has 2 N–H and O–H groups in total. The number of hydrogen-bond acceptors (Lipinski definition) is 3. The van der Waals surface area contributed by atoms with Gasteiger partial charge in [0.15, 0.2) is 0 Å². The van der Waals surface area contributed by atoms with Crippen molar-refractivity contribution in [1.29, 1.82) is 0 Å². The van der Waals surface area contributed by atoms with Crippen molar-refractivity contribution in [2.75, 3.05) is 13.1 Å². The van der Waals surface area contributed by atoms with Gasteiger partial charge in [-0.3, -0.25) is 5.01 Å². The molecule has 0 heterocycles. The Morgan fingerprint density at radius 1 is 1.83 bits per heavy atom. The quantitative estimate of drug-likeness (QED) is 0.579. The van der Waals surface area contributed by atoms with Gasteiger partial charge in [0, 0.05) is 13.1 Å². The predicted molar refractivity (Wildman–Crippen MR) is 57.5 cm³/mol. The number of rotatable bonds is 5. The molecule has 0 radical (unpaired) electrons. The third-order valence-corrected chi connectivity index (χ3v) is 2.05. The molecule has 0 aromatic rings. The molecule has 0 saturated carbocycles. The zero-order chi connectivity index (χ0) is 9.56. The van der Waals surface area contributed by atoms with Gasteiger partial charge in [0.1, 0.15) is 4.62 Å². The summed E-state index contributed by atoms with van der Waals surface area (Å²) in [5, 5.41) is 6.18. The van der Waals surface area contributed by atoms with E-state index in [1.807, 2.05) is 18.9 Å². The fourth-order valence-electron chi connectivity index (χ4n) is 0.766. The van der Waals surface area contributed by atoms with Crippen molar-refractivity contribution in [3.63, 3.8) is 0 Å². The maximum atomic E-state index is 5.51. The van der Waals surface area contributed by atoms with Gasteiger partial charge in [-0.05, 0) is 35.9 Å². The Balaban J connectivity index is 4.25. The molecular weight excluding hydrogens is 218 g/mol. The SMILES string of the molecule is C=C/C(Br)=N\N(CC)C(C)CN. The fourth-order valence-corrected chi connectivity index (χ4v) is 0.970. The van der Waals surface area contributed by atoms with Gasteiger partial charge in [0.05, 0.1) is 6.04 Å². The highest BCUT2D eigenvalue weighted by Gasteiger charge is 2.06. The summed E-state index contributed by atoms with van der Waals surface area (Å²) in [4.78, 5) is 0. The van der Waals surface area contributed by atoms with Crippen LogP contribution in [0.3, 0.4) is 0 Å². The standard InChI is InChI=1S/C8H16BrN3/c1-4-8(9)11-12(5-2)7(3)6-10/h4,7H,1,5-6,10H2,2-3H3/b11-8+. The average Bonchev–Trinajstić information content (AvgIpc) is 2.12. The Kier molecular flexibility index (Phi) is 6.02. The lowest BCUT2D eigenvalue weighted by Gasteiger charge is -2.23. The van der Waals surface area contributed by atoms with Crippen molar-refractivity contribution in [3.8, 4) is 0 Å². The van der Waals surface area contributed by atoms with Crippen LogP contribution in [-0.4, -0.2) is 28.8 Å². The maximum Gasteiger partial charge on any atom is 0.125 e. The number of likely N-dealkylation sites (N-methyl/N-ethyl adjacent to an activating group) is 1. The number of hydrazone groups is 1. The first kappa shape index (κ1) is 11.6. The van der Waals surface area contributed by atoms with Crippen LogP contribution in [0.2, 0.25) is 0 Å². The van der Waals surface area contributed by atoms with Crippen LogP contribution >= 0.6 is 15.9 Å². The first-order chi connectivity index (χ1) is 5.65. The van der Waals surface area contributed by atoms with E-state index in [9.17, 15) is 0 Å². The molecular formula is C8H16BrN3. The Morgan fingerprint density at radius 2 is 2.42 bits per heavy atom. The molecule has 70 valence electrons. The van der Waals surface area contributed by atoms with E-state index in [0.29, 0.717) is 6.54 Å². The second-order valence-corrected chi connectivity index (χ2v) is 3.28. The minimum absolute atomic E-state index is 0.266. The summed E-state index contributed by atoms with van der Waals surface area (Å²) in [7, 11) is 0. The second-order valence-electron chi connectivity index (χ2n) is 2.47. The molecule has 4 heteroatoms. The molecule has 0 spiro atoms. The first-order valence-corrected chi connectivity index (χ1v) is 4.78. The van der Waals surface area contributed by atoms with Gasteiger partial charge in [-0.2, -0.15) is 5.10 Å². The summed E-state index contributed by atoms with van der Waals surface area (Å²) >= 11 is 3.27. The lowest BCUT2D eigenvalue weighted by atomic mass is 10.3. The van der Waals surface area contributed by atoms with Crippen LogP contribution in [0.1, 0.15) is 13.8 Å². The molecule has 0 fully saturated rings. The zero-order valence-corrected chi connectivity index (χ0v) is 9.21. The summed E-state index contributed by atoms with van der Waals surface area (Å²) < 4.78 is 0.740. The van der Waals surface area contributed by atoms with Crippen LogP contribution in [0.5, 0.6) is 0 Å². The predicted octanol–water partition coefficient (Wildman–Crippen LogP) is 1.55. The molecule has 0 bridgehead atoms. The molecule has 0 saturated heterocycles. The van der Waals surface area contributed by atoms with E-state index in [4.69, 9.17) is 5.73 Å². The summed E-state index contributed by atoms with van der Waals surface area (Å²) in [6, 6.07) is 0.266. The number of nitrogens with two attached hydrogens (primary N) is 1. The average molecular weight is 234 g/mol. The van der Waals surface area contributed by atoms with E-state index in [2.05, 4.69) is 27.6 Å². The van der Waals surface area contributed by atoms with Crippen LogP contribution in [-0.2, 0) is 0 Å². The van der Waals surface area contributed by atoms with Crippen LogP contribution in [0, 0.1) is 0 Å². The van der Waals surface area contributed by atoms with Crippen LogP contribution in [0.15, 0.2) is 17.8 Å². The molecule has 0 aromatic heterocycles. The van der Waals surface area contributed by atoms with Crippen LogP contribution in [0.4, 0.5) is 0 Å². The molecule has 3 nitrogen and oxygen atoms in total. The van der Waals surface area contributed by atoms with Gasteiger partial charge in [-0.25, -0.2) is 0 Å². The third-order valence-electron chi connectivity index (χ3n) is 1.57. The summed E-state index contributed by atoms with van der Waals surface area (Å²) in [6.45, 7) is 9.13. The Hall–Kier alpha value is -0.350. The molecule has 0 aromatic carbocycles. The van der Waals surface area contributed by atoms with Crippen molar-refractivity contribution < 1.29 is 0 Å². The van der Waals surface area contributed by atoms with Crippen LogP contribution in [0.25, 0.3) is 0 Å². The van der Waals surface area contributed by atoms with Gasteiger partial charge < -0.3 is 5.73 Å². The van der Waals surface area contributed by atoms with Gasteiger partial charge >= 0.3 is 0 Å². The largest absolute Gasteiger partial charge is 0.328 e. The monoisotopic (exact) mass is 233 g/mol. The van der Waals surface area contributed by atoms with E-state index in [0.717, 1.165) is 11.2 Å². The summed E-state index contributed by atoms with van der Waals surface area (Å²) in [6.07, 6.45) is 1.66. The van der Waals surface area contributed by atoms with Crippen molar-refractivity contribution in [2.24, 2.45) is 10.8 Å². The maximum absolute atomic E-state index is 5.51. The normalized spacial score (nSPS) is 14.2. The Labute approximate surface area is 82.4 Å². The zero-order valence-electron chi connectivity index (χ0n) is 7.63. The molecule has 0 aliphatic rings. The van der Waals surface area contributed by atoms with E-state index in [1.165, 1.54) is 0 Å². The third kappa shape index (κ3) is 3.88. The molecule has 0 rings (SSSR count). The van der Waals surface area contributed by atoms with Crippen molar-refractivity contribution in [3.05, 3.63) is 12.7 Å². The highest BCUT2D eigenvalue weighted by Crippen LogP contribution is 2.01. The molecule has 0 amide bonds. The van der Waals surface area contributed by atoms with Crippen molar-refractivity contribution in [2.45, 2.75) is 19.9 Å². The summed E-state index contributed by atoms with van der Waals surface area (Å²) in [5.74, 6) is 0. The highest BCUT2D eigenvalue weighted by atomic mass is 79.9. The van der Waals surface area contributed by atoms with Gasteiger partial charge in [0.25, 0.3) is 0 Å². The Bertz CT molecular complexity index is 168. The van der Waals surface area contributed by atoms with E-state index < -0.39 is 0 Å². The lowest BCUT2D eigenvalue weighted by Crippen LogP contribution is -2.34. The number of hydrogen-bond donors (Lipinski definition) is 1. The minimum atomic E-state index is 0.266. The highest BCUT2D eigenvalue weighted by molar-refractivity contribution is 9.18.